The van der Waals surface area contributed by atoms with Crippen molar-refractivity contribution in [1.29, 1.82) is 0 Å². The van der Waals surface area contributed by atoms with Gasteiger partial charge in [0.1, 0.15) is 5.75 Å². The van der Waals surface area contributed by atoms with Gasteiger partial charge in [-0.3, -0.25) is 0 Å². The fourth-order valence-electron chi connectivity index (χ4n) is 2.37. The molecule has 0 fully saturated rings. The third kappa shape index (κ3) is 3.84. The zero-order chi connectivity index (χ0) is 16.2. The van der Waals surface area contributed by atoms with Crippen LogP contribution in [-0.4, -0.2) is 11.7 Å². The third-order valence-electron chi connectivity index (χ3n) is 3.42. The minimum atomic E-state index is -2.83. The Hall–Kier alpha value is -2.47. The van der Waals surface area contributed by atoms with Crippen molar-refractivity contribution < 1.29 is 13.5 Å². The molecule has 0 spiro atoms. The highest BCUT2D eigenvalue weighted by atomic mass is 32.1. The van der Waals surface area contributed by atoms with E-state index in [1.165, 1.54) is 12.1 Å². The molecule has 1 unspecified atom stereocenters. The summed E-state index contributed by atoms with van der Waals surface area (Å²) in [6.45, 7) is -2.83. The van der Waals surface area contributed by atoms with Crippen molar-refractivity contribution in [1.82, 2.24) is 10.6 Å². The monoisotopic (exact) mass is 332 g/mol. The largest absolute Gasteiger partial charge is 0.435 e. The Labute approximate surface area is 138 Å². The molecule has 23 heavy (non-hydrogen) atoms. The van der Waals surface area contributed by atoms with E-state index in [-0.39, 0.29) is 11.8 Å². The molecule has 3 nitrogen and oxygen atoms in total. The number of ether oxygens (including phenoxy) is 1. The molecule has 2 aromatic rings. The van der Waals surface area contributed by atoms with Crippen LogP contribution in [0.1, 0.15) is 17.2 Å². The minimum absolute atomic E-state index is 0.0445. The van der Waals surface area contributed by atoms with E-state index >= 15 is 0 Å². The Balaban J connectivity index is 1.85. The summed E-state index contributed by atoms with van der Waals surface area (Å²) in [6.07, 6.45) is 2.01. The van der Waals surface area contributed by atoms with Gasteiger partial charge in [-0.1, -0.05) is 30.3 Å². The number of hydrogen-bond acceptors (Lipinski definition) is 2. The molecule has 1 aliphatic heterocycles. The summed E-state index contributed by atoms with van der Waals surface area (Å²) < 4.78 is 28.7. The Kier molecular flexibility index (Phi) is 4.52. The van der Waals surface area contributed by atoms with E-state index in [0.29, 0.717) is 5.11 Å². The predicted octanol–water partition coefficient (Wildman–Crippen LogP) is 3.85. The summed E-state index contributed by atoms with van der Waals surface area (Å²) in [5, 5.41) is 6.79. The maximum absolute atomic E-state index is 12.2. The van der Waals surface area contributed by atoms with Crippen LogP contribution in [-0.2, 0) is 0 Å². The van der Waals surface area contributed by atoms with Crippen molar-refractivity contribution in [2.45, 2.75) is 12.7 Å². The smallest absolute Gasteiger partial charge is 0.387 e. The van der Waals surface area contributed by atoms with Crippen LogP contribution in [0, 0.1) is 0 Å². The van der Waals surface area contributed by atoms with Gasteiger partial charge in [0.25, 0.3) is 0 Å². The molecular formula is C17H14F2N2OS. The van der Waals surface area contributed by atoms with Gasteiger partial charge in [0.05, 0.1) is 6.04 Å². The number of nitrogens with one attached hydrogen (secondary N) is 2. The van der Waals surface area contributed by atoms with Gasteiger partial charge in [0.15, 0.2) is 5.11 Å². The summed E-state index contributed by atoms with van der Waals surface area (Å²) in [4.78, 5) is 0. The van der Waals surface area contributed by atoms with Crippen LogP contribution in [0.25, 0.3) is 5.70 Å². The fraction of sp³-hybridized carbons (Fsp3) is 0.118. The van der Waals surface area contributed by atoms with Crippen molar-refractivity contribution in [2.24, 2.45) is 0 Å². The number of thiocarbonyl (C=S) groups is 1. The molecule has 0 amide bonds. The van der Waals surface area contributed by atoms with Gasteiger partial charge in [-0.15, -0.1) is 0 Å². The average molecular weight is 332 g/mol. The van der Waals surface area contributed by atoms with E-state index in [9.17, 15) is 8.78 Å². The Bertz CT molecular complexity index is 717. The molecule has 0 radical (unpaired) electrons. The first-order valence-electron chi connectivity index (χ1n) is 7.01. The maximum atomic E-state index is 12.2. The molecule has 2 aromatic carbocycles. The first kappa shape index (κ1) is 15.4. The number of alkyl halides is 2. The molecule has 1 heterocycles. The normalized spacial score (nSPS) is 17.3. The lowest BCUT2D eigenvalue weighted by molar-refractivity contribution is -0.0498. The van der Waals surface area contributed by atoms with E-state index in [1.807, 2.05) is 36.4 Å². The SMILES string of the molecule is FC(F)Oc1ccc(C2=CC(c3ccccc3)NC(=S)N2)cc1. The van der Waals surface area contributed by atoms with Crippen molar-refractivity contribution >= 4 is 23.0 Å². The first-order chi connectivity index (χ1) is 11.1. The van der Waals surface area contributed by atoms with Gasteiger partial charge in [-0.05, 0) is 53.7 Å². The van der Waals surface area contributed by atoms with Gasteiger partial charge in [-0.25, -0.2) is 0 Å². The van der Waals surface area contributed by atoms with Crippen LogP contribution in [0.4, 0.5) is 8.78 Å². The third-order valence-corrected chi connectivity index (χ3v) is 3.64. The number of rotatable bonds is 4. The lowest BCUT2D eigenvalue weighted by Gasteiger charge is -2.26. The van der Waals surface area contributed by atoms with Crippen LogP contribution in [0.3, 0.4) is 0 Å². The molecule has 0 bridgehead atoms. The molecule has 3 rings (SSSR count). The summed E-state index contributed by atoms with van der Waals surface area (Å²) in [5.74, 6) is 0.125. The highest BCUT2D eigenvalue weighted by molar-refractivity contribution is 7.80. The van der Waals surface area contributed by atoms with Crippen LogP contribution >= 0.6 is 12.2 Å². The second kappa shape index (κ2) is 6.75. The zero-order valence-electron chi connectivity index (χ0n) is 12.0. The standard InChI is InChI=1S/C17H14F2N2OS/c18-16(19)22-13-8-6-12(7-9-13)15-10-14(20-17(23)21-15)11-4-2-1-3-5-11/h1-10,14,16H,(H2,20,21,23). The molecule has 6 heteroatoms. The van der Waals surface area contributed by atoms with Gasteiger partial charge in [-0.2, -0.15) is 8.78 Å². The Morgan fingerprint density at radius 2 is 1.70 bits per heavy atom. The van der Waals surface area contributed by atoms with E-state index in [4.69, 9.17) is 12.2 Å². The van der Waals surface area contributed by atoms with Gasteiger partial charge >= 0.3 is 6.61 Å². The second-order valence-electron chi connectivity index (χ2n) is 4.97. The van der Waals surface area contributed by atoms with Crippen molar-refractivity contribution in [2.75, 3.05) is 0 Å². The molecule has 2 N–H and O–H groups in total. The van der Waals surface area contributed by atoms with Crippen LogP contribution in [0.5, 0.6) is 5.75 Å². The zero-order valence-corrected chi connectivity index (χ0v) is 12.8. The Morgan fingerprint density at radius 1 is 1.00 bits per heavy atom. The van der Waals surface area contributed by atoms with E-state index in [0.717, 1.165) is 16.8 Å². The number of hydrogen-bond donors (Lipinski definition) is 2. The maximum Gasteiger partial charge on any atom is 0.387 e. The number of halogens is 2. The molecule has 0 saturated heterocycles. The molecule has 0 aromatic heterocycles. The molecule has 0 saturated carbocycles. The number of benzene rings is 2. The van der Waals surface area contributed by atoms with Crippen LogP contribution < -0.4 is 15.4 Å². The van der Waals surface area contributed by atoms with Gasteiger partial charge in [0.2, 0.25) is 0 Å². The van der Waals surface area contributed by atoms with Crippen LogP contribution in [0.15, 0.2) is 60.7 Å². The minimum Gasteiger partial charge on any atom is -0.435 e. The van der Waals surface area contributed by atoms with Gasteiger partial charge in [0, 0.05) is 5.70 Å². The van der Waals surface area contributed by atoms with Crippen LogP contribution in [0.2, 0.25) is 0 Å². The Morgan fingerprint density at radius 3 is 2.35 bits per heavy atom. The lowest BCUT2D eigenvalue weighted by Crippen LogP contribution is -2.40. The highest BCUT2D eigenvalue weighted by Gasteiger charge is 2.18. The van der Waals surface area contributed by atoms with Gasteiger partial charge < -0.3 is 15.4 Å². The van der Waals surface area contributed by atoms with Crippen molar-refractivity contribution in [3.05, 3.63) is 71.8 Å². The van der Waals surface area contributed by atoms with E-state index < -0.39 is 6.61 Å². The molecule has 118 valence electrons. The molecule has 1 aliphatic rings. The van der Waals surface area contributed by atoms with E-state index in [2.05, 4.69) is 15.4 Å². The predicted molar refractivity (Wildman–Crippen MR) is 89.1 cm³/mol. The van der Waals surface area contributed by atoms with Crippen molar-refractivity contribution in [3.8, 4) is 5.75 Å². The molecule has 1 atom stereocenters. The summed E-state index contributed by atoms with van der Waals surface area (Å²) in [7, 11) is 0. The summed E-state index contributed by atoms with van der Waals surface area (Å²) in [5.41, 5.74) is 2.76. The first-order valence-corrected chi connectivity index (χ1v) is 7.42. The molecule has 0 aliphatic carbocycles. The fourth-order valence-corrected chi connectivity index (χ4v) is 2.61. The quantitative estimate of drug-likeness (QED) is 0.834. The molecular weight excluding hydrogens is 318 g/mol. The summed E-state index contributed by atoms with van der Waals surface area (Å²) >= 11 is 5.26. The highest BCUT2D eigenvalue weighted by Crippen LogP contribution is 2.25. The lowest BCUT2D eigenvalue weighted by atomic mass is 10.0. The average Bonchev–Trinajstić information content (AvgIpc) is 2.55. The van der Waals surface area contributed by atoms with Crippen molar-refractivity contribution in [3.63, 3.8) is 0 Å². The summed E-state index contributed by atoms with van der Waals surface area (Å²) in [6, 6.07) is 16.3. The van der Waals surface area contributed by atoms with E-state index in [1.54, 1.807) is 12.1 Å². The second-order valence-corrected chi connectivity index (χ2v) is 5.38. The topological polar surface area (TPSA) is 33.3 Å².